The van der Waals surface area contributed by atoms with E-state index in [0.29, 0.717) is 11.5 Å². The summed E-state index contributed by atoms with van der Waals surface area (Å²) in [6, 6.07) is 3.46. The van der Waals surface area contributed by atoms with E-state index in [1.165, 1.54) is 4.90 Å². The van der Waals surface area contributed by atoms with Crippen LogP contribution in [0, 0.1) is 0 Å². The Kier molecular flexibility index (Phi) is 4.69. The smallest absolute Gasteiger partial charge is 0.273 e. The van der Waals surface area contributed by atoms with Crippen molar-refractivity contribution in [2.24, 2.45) is 0 Å². The van der Waals surface area contributed by atoms with Gasteiger partial charge in [-0.05, 0) is 18.6 Å². The molecule has 0 radical (unpaired) electrons. The molecule has 88 valence electrons. The predicted octanol–water partition coefficient (Wildman–Crippen LogP) is 1.39. The lowest BCUT2D eigenvalue weighted by molar-refractivity contribution is 0.0821. The summed E-state index contributed by atoms with van der Waals surface area (Å²) in [6.07, 6.45) is 2.23. The Hall–Kier alpha value is -1.65. The number of nitrogens with zero attached hydrogens (tertiary/aromatic N) is 3. The summed E-state index contributed by atoms with van der Waals surface area (Å²) in [4.78, 5) is 13.0. The number of rotatable bonds is 5. The molecule has 1 N–H and O–H groups in total. The van der Waals surface area contributed by atoms with Crippen LogP contribution >= 0.6 is 0 Å². The van der Waals surface area contributed by atoms with Crippen LogP contribution in [-0.4, -0.2) is 41.6 Å². The molecule has 0 saturated carbocycles. The molecule has 16 heavy (non-hydrogen) atoms. The number of anilines is 1. The Morgan fingerprint density at radius 2 is 2.12 bits per heavy atom. The van der Waals surface area contributed by atoms with E-state index in [2.05, 4.69) is 22.4 Å². The van der Waals surface area contributed by atoms with Crippen LogP contribution in [0.3, 0.4) is 0 Å². The fourth-order valence-corrected chi connectivity index (χ4v) is 1.16. The van der Waals surface area contributed by atoms with E-state index in [-0.39, 0.29) is 5.91 Å². The van der Waals surface area contributed by atoms with Crippen LogP contribution in [0.15, 0.2) is 12.1 Å². The van der Waals surface area contributed by atoms with Gasteiger partial charge in [0.2, 0.25) is 0 Å². The van der Waals surface area contributed by atoms with Crippen LogP contribution in [0.5, 0.6) is 0 Å². The van der Waals surface area contributed by atoms with E-state index in [1.807, 2.05) is 0 Å². The molecule has 0 atom stereocenters. The second-order valence-electron chi connectivity index (χ2n) is 3.78. The molecule has 0 aliphatic rings. The highest BCUT2D eigenvalue weighted by Crippen LogP contribution is 2.03. The minimum absolute atomic E-state index is 0.132. The number of hydrogen-bond donors (Lipinski definition) is 1. The molecule has 1 amide bonds. The highest BCUT2D eigenvalue weighted by molar-refractivity contribution is 5.91. The van der Waals surface area contributed by atoms with Gasteiger partial charge >= 0.3 is 0 Å². The van der Waals surface area contributed by atoms with Crippen LogP contribution < -0.4 is 5.32 Å². The van der Waals surface area contributed by atoms with E-state index >= 15 is 0 Å². The van der Waals surface area contributed by atoms with Gasteiger partial charge in [-0.2, -0.15) is 0 Å². The van der Waals surface area contributed by atoms with E-state index < -0.39 is 0 Å². The number of carbonyl (C=O) groups is 1. The first kappa shape index (κ1) is 12.4. The van der Waals surface area contributed by atoms with Gasteiger partial charge < -0.3 is 10.2 Å². The van der Waals surface area contributed by atoms with Gasteiger partial charge in [0.1, 0.15) is 5.82 Å². The third-order valence-electron chi connectivity index (χ3n) is 2.13. The fraction of sp³-hybridized carbons (Fsp3) is 0.545. The Morgan fingerprint density at radius 3 is 2.62 bits per heavy atom. The van der Waals surface area contributed by atoms with Crippen molar-refractivity contribution in [2.45, 2.75) is 19.8 Å². The predicted molar refractivity (Wildman–Crippen MR) is 63.4 cm³/mol. The molecule has 0 bridgehead atoms. The molecule has 1 heterocycles. The zero-order chi connectivity index (χ0) is 12.0. The quantitative estimate of drug-likeness (QED) is 0.765. The van der Waals surface area contributed by atoms with Crippen molar-refractivity contribution in [1.82, 2.24) is 15.1 Å². The Bertz CT molecular complexity index is 334. The van der Waals surface area contributed by atoms with Gasteiger partial charge in [0.05, 0.1) is 0 Å². The molecular weight excluding hydrogens is 204 g/mol. The number of aromatic nitrogens is 2. The zero-order valence-corrected chi connectivity index (χ0v) is 10.0. The van der Waals surface area contributed by atoms with E-state index in [1.54, 1.807) is 26.2 Å². The van der Waals surface area contributed by atoms with Crippen molar-refractivity contribution in [3.63, 3.8) is 0 Å². The maximum absolute atomic E-state index is 11.5. The van der Waals surface area contributed by atoms with Crippen molar-refractivity contribution in [3.05, 3.63) is 17.8 Å². The summed E-state index contributed by atoms with van der Waals surface area (Å²) < 4.78 is 0. The van der Waals surface area contributed by atoms with E-state index in [9.17, 15) is 4.79 Å². The van der Waals surface area contributed by atoms with Gasteiger partial charge in [-0.25, -0.2) is 0 Å². The maximum atomic E-state index is 11.5. The topological polar surface area (TPSA) is 58.1 Å². The van der Waals surface area contributed by atoms with Gasteiger partial charge in [0.15, 0.2) is 5.69 Å². The molecule has 0 fully saturated rings. The lowest BCUT2D eigenvalue weighted by Gasteiger charge is -2.09. The van der Waals surface area contributed by atoms with Crippen LogP contribution in [0.4, 0.5) is 5.82 Å². The molecule has 5 nitrogen and oxygen atoms in total. The molecule has 0 aliphatic carbocycles. The fourth-order valence-electron chi connectivity index (χ4n) is 1.16. The average Bonchev–Trinajstić information content (AvgIpc) is 2.29. The first-order chi connectivity index (χ1) is 7.65. The van der Waals surface area contributed by atoms with Crippen LogP contribution in [0.1, 0.15) is 30.3 Å². The molecule has 0 saturated heterocycles. The molecular formula is C11H18N4O. The molecule has 0 spiro atoms. The molecule has 0 aliphatic heterocycles. The van der Waals surface area contributed by atoms with Gasteiger partial charge in [-0.15, -0.1) is 10.2 Å². The lowest BCUT2D eigenvalue weighted by Crippen LogP contribution is -2.23. The summed E-state index contributed by atoms with van der Waals surface area (Å²) in [5, 5.41) is 11.0. The summed E-state index contributed by atoms with van der Waals surface area (Å²) in [5.74, 6) is 0.580. The summed E-state index contributed by atoms with van der Waals surface area (Å²) in [7, 11) is 3.38. The highest BCUT2D eigenvalue weighted by atomic mass is 16.2. The molecule has 0 unspecified atom stereocenters. The number of hydrogen-bond acceptors (Lipinski definition) is 4. The number of nitrogens with one attached hydrogen (secondary N) is 1. The van der Waals surface area contributed by atoms with Crippen LogP contribution in [0.2, 0.25) is 0 Å². The minimum atomic E-state index is -0.132. The van der Waals surface area contributed by atoms with Gasteiger partial charge in [0.25, 0.3) is 5.91 Å². The van der Waals surface area contributed by atoms with Crippen molar-refractivity contribution in [2.75, 3.05) is 26.0 Å². The molecule has 1 rings (SSSR count). The number of carbonyl (C=O) groups excluding carboxylic acids is 1. The molecule has 1 aromatic heterocycles. The largest absolute Gasteiger partial charge is 0.369 e. The lowest BCUT2D eigenvalue weighted by atomic mass is 10.3. The number of unbranched alkanes of at least 4 members (excludes halogenated alkanes) is 1. The Balaban J connectivity index is 2.57. The van der Waals surface area contributed by atoms with Crippen LogP contribution in [0.25, 0.3) is 0 Å². The SMILES string of the molecule is CCCCNc1ccc(C(=O)N(C)C)nn1. The first-order valence-corrected chi connectivity index (χ1v) is 5.44. The zero-order valence-electron chi connectivity index (χ0n) is 10.0. The Labute approximate surface area is 95.9 Å². The van der Waals surface area contributed by atoms with Crippen molar-refractivity contribution < 1.29 is 4.79 Å². The van der Waals surface area contributed by atoms with Gasteiger partial charge in [-0.1, -0.05) is 13.3 Å². The summed E-state index contributed by atoms with van der Waals surface area (Å²) >= 11 is 0. The van der Waals surface area contributed by atoms with Crippen molar-refractivity contribution in [1.29, 1.82) is 0 Å². The first-order valence-electron chi connectivity index (χ1n) is 5.44. The molecule has 1 aromatic rings. The minimum Gasteiger partial charge on any atom is -0.369 e. The summed E-state index contributed by atoms with van der Waals surface area (Å²) in [5.41, 5.74) is 0.367. The number of amides is 1. The third-order valence-corrected chi connectivity index (χ3v) is 2.13. The van der Waals surface area contributed by atoms with Crippen LogP contribution in [-0.2, 0) is 0 Å². The van der Waals surface area contributed by atoms with E-state index in [0.717, 1.165) is 19.4 Å². The average molecular weight is 222 g/mol. The highest BCUT2D eigenvalue weighted by Gasteiger charge is 2.09. The normalized spacial score (nSPS) is 9.94. The molecule has 5 heteroatoms. The monoisotopic (exact) mass is 222 g/mol. The van der Waals surface area contributed by atoms with Gasteiger partial charge in [-0.3, -0.25) is 4.79 Å². The second kappa shape index (κ2) is 6.05. The van der Waals surface area contributed by atoms with Crippen molar-refractivity contribution >= 4 is 11.7 Å². The van der Waals surface area contributed by atoms with Crippen molar-refractivity contribution in [3.8, 4) is 0 Å². The third kappa shape index (κ3) is 3.49. The van der Waals surface area contributed by atoms with E-state index in [4.69, 9.17) is 0 Å². The van der Waals surface area contributed by atoms with Gasteiger partial charge in [0, 0.05) is 20.6 Å². The second-order valence-corrected chi connectivity index (χ2v) is 3.78. The Morgan fingerprint density at radius 1 is 1.38 bits per heavy atom. The standard InChI is InChI=1S/C11H18N4O/c1-4-5-8-12-10-7-6-9(13-14-10)11(16)15(2)3/h6-7H,4-5,8H2,1-3H3,(H,12,14). The maximum Gasteiger partial charge on any atom is 0.273 e. The summed E-state index contributed by atoms with van der Waals surface area (Å²) in [6.45, 7) is 3.01. The molecule has 0 aromatic carbocycles.